The zero-order chi connectivity index (χ0) is 18.5. The van der Waals surface area contributed by atoms with Crippen molar-refractivity contribution in [3.63, 3.8) is 0 Å². The normalized spacial score (nSPS) is 25.3. The molecule has 0 spiro atoms. The molecule has 2 saturated heterocycles. The van der Waals surface area contributed by atoms with E-state index in [2.05, 4.69) is 22.1 Å². The van der Waals surface area contributed by atoms with Crippen LogP contribution < -0.4 is 10.6 Å². The fraction of sp³-hybridized carbons (Fsp3) is 0.524. The van der Waals surface area contributed by atoms with E-state index in [9.17, 15) is 9.59 Å². The second-order valence-electron chi connectivity index (χ2n) is 7.46. The molecule has 0 unspecified atom stereocenters. The summed E-state index contributed by atoms with van der Waals surface area (Å²) in [7, 11) is 0. The van der Waals surface area contributed by atoms with E-state index in [0.29, 0.717) is 25.2 Å². The molecule has 1 aromatic rings. The second kappa shape index (κ2) is 8.49. The van der Waals surface area contributed by atoms with E-state index in [-0.39, 0.29) is 17.9 Å². The van der Waals surface area contributed by atoms with Gasteiger partial charge >= 0.3 is 0 Å². The van der Waals surface area contributed by atoms with E-state index in [1.165, 1.54) is 6.42 Å². The SMILES string of the molecule is C=CCNC(=O)CN1[C@@H]2CCC[C@@H]1CC(NC(=O)c1ccccc1C)C2. The van der Waals surface area contributed by atoms with Gasteiger partial charge in [0.2, 0.25) is 5.91 Å². The Balaban J connectivity index is 1.60. The molecular weight excluding hydrogens is 326 g/mol. The zero-order valence-corrected chi connectivity index (χ0v) is 15.5. The lowest BCUT2D eigenvalue weighted by Crippen LogP contribution is -2.58. The summed E-state index contributed by atoms with van der Waals surface area (Å²) in [5, 5.41) is 6.11. The zero-order valence-electron chi connectivity index (χ0n) is 15.5. The van der Waals surface area contributed by atoms with Crippen molar-refractivity contribution in [2.75, 3.05) is 13.1 Å². The number of fused-ring (bicyclic) bond motifs is 2. The van der Waals surface area contributed by atoms with Gasteiger partial charge in [-0.1, -0.05) is 30.7 Å². The average Bonchev–Trinajstić information content (AvgIpc) is 2.61. The van der Waals surface area contributed by atoms with Crippen LogP contribution in [0, 0.1) is 6.92 Å². The van der Waals surface area contributed by atoms with Gasteiger partial charge in [0.15, 0.2) is 0 Å². The van der Waals surface area contributed by atoms with Gasteiger partial charge in [-0.05, 0) is 44.2 Å². The number of piperidine rings is 2. The van der Waals surface area contributed by atoms with Gasteiger partial charge in [0.25, 0.3) is 5.91 Å². The molecule has 5 nitrogen and oxygen atoms in total. The molecule has 5 heteroatoms. The van der Waals surface area contributed by atoms with Gasteiger partial charge in [0.05, 0.1) is 6.54 Å². The minimum Gasteiger partial charge on any atom is -0.352 e. The molecule has 2 amide bonds. The van der Waals surface area contributed by atoms with Crippen LogP contribution in [0.1, 0.15) is 48.0 Å². The lowest BCUT2D eigenvalue weighted by molar-refractivity contribution is -0.125. The molecule has 140 valence electrons. The smallest absolute Gasteiger partial charge is 0.251 e. The molecule has 2 aliphatic heterocycles. The van der Waals surface area contributed by atoms with Crippen molar-refractivity contribution >= 4 is 11.8 Å². The maximum atomic E-state index is 12.6. The molecule has 2 heterocycles. The standard InChI is InChI=1S/C21H29N3O2/c1-3-11-22-20(25)14-24-17-8-6-9-18(24)13-16(12-17)23-21(26)19-10-5-4-7-15(19)2/h3-5,7,10,16-18H,1,6,8-9,11-14H2,2H3,(H,22,25)(H,23,26)/t17-,18-/m1/s1. The highest BCUT2D eigenvalue weighted by atomic mass is 16.2. The van der Waals surface area contributed by atoms with Crippen LogP contribution in [0.3, 0.4) is 0 Å². The summed E-state index contributed by atoms with van der Waals surface area (Å²) in [6.45, 7) is 6.56. The number of aryl methyl sites for hydroxylation is 1. The van der Waals surface area contributed by atoms with Crippen molar-refractivity contribution in [1.29, 1.82) is 0 Å². The number of amides is 2. The summed E-state index contributed by atoms with van der Waals surface area (Å²) in [5.41, 5.74) is 1.76. The Morgan fingerprint density at radius 1 is 1.23 bits per heavy atom. The third kappa shape index (κ3) is 4.33. The fourth-order valence-corrected chi connectivity index (χ4v) is 4.35. The predicted molar refractivity (Wildman–Crippen MR) is 103 cm³/mol. The van der Waals surface area contributed by atoms with E-state index in [1.54, 1.807) is 6.08 Å². The van der Waals surface area contributed by atoms with Crippen LogP contribution in [0.2, 0.25) is 0 Å². The first-order valence-electron chi connectivity index (χ1n) is 9.58. The number of carbonyl (C=O) groups excluding carboxylic acids is 2. The summed E-state index contributed by atoms with van der Waals surface area (Å²) >= 11 is 0. The van der Waals surface area contributed by atoms with E-state index >= 15 is 0 Å². The molecule has 2 atom stereocenters. The van der Waals surface area contributed by atoms with Crippen molar-refractivity contribution in [3.8, 4) is 0 Å². The maximum Gasteiger partial charge on any atom is 0.251 e. The lowest BCUT2D eigenvalue weighted by atomic mass is 9.81. The number of nitrogens with zero attached hydrogens (tertiary/aromatic N) is 1. The van der Waals surface area contributed by atoms with Crippen LogP contribution in [-0.2, 0) is 4.79 Å². The molecular formula is C21H29N3O2. The maximum absolute atomic E-state index is 12.6. The van der Waals surface area contributed by atoms with Gasteiger partial charge in [0.1, 0.15) is 0 Å². The van der Waals surface area contributed by atoms with E-state index in [0.717, 1.165) is 36.8 Å². The molecule has 3 rings (SSSR count). The molecule has 2 N–H and O–H groups in total. The highest BCUT2D eigenvalue weighted by Crippen LogP contribution is 2.34. The quantitative estimate of drug-likeness (QED) is 0.771. The molecule has 2 fully saturated rings. The number of benzene rings is 1. The summed E-state index contributed by atoms with van der Waals surface area (Å²) in [4.78, 5) is 27.1. The van der Waals surface area contributed by atoms with E-state index in [1.807, 2.05) is 31.2 Å². The Morgan fingerprint density at radius 3 is 2.58 bits per heavy atom. The Morgan fingerprint density at radius 2 is 1.92 bits per heavy atom. The van der Waals surface area contributed by atoms with Crippen LogP contribution in [0.4, 0.5) is 0 Å². The molecule has 0 saturated carbocycles. The topological polar surface area (TPSA) is 61.4 Å². The molecule has 0 aliphatic carbocycles. The Kier molecular flexibility index (Phi) is 6.09. The fourth-order valence-electron chi connectivity index (χ4n) is 4.35. The highest BCUT2D eigenvalue weighted by Gasteiger charge is 2.39. The lowest BCUT2D eigenvalue weighted by Gasteiger charge is -2.48. The third-order valence-electron chi connectivity index (χ3n) is 5.62. The molecule has 1 aromatic carbocycles. The van der Waals surface area contributed by atoms with Gasteiger partial charge in [-0.25, -0.2) is 0 Å². The minimum atomic E-state index is 0.0170. The Labute approximate surface area is 155 Å². The highest BCUT2D eigenvalue weighted by molar-refractivity contribution is 5.95. The summed E-state index contributed by atoms with van der Waals surface area (Å²) in [5.74, 6) is 0.0764. The number of nitrogens with one attached hydrogen (secondary N) is 2. The monoisotopic (exact) mass is 355 g/mol. The number of rotatable bonds is 6. The first-order chi connectivity index (χ1) is 12.6. The van der Waals surface area contributed by atoms with Gasteiger partial charge in [0, 0.05) is 30.2 Å². The van der Waals surface area contributed by atoms with Gasteiger partial charge < -0.3 is 10.6 Å². The molecule has 26 heavy (non-hydrogen) atoms. The van der Waals surface area contributed by atoms with Crippen molar-refractivity contribution in [1.82, 2.24) is 15.5 Å². The van der Waals surface area contributed by atoms with E-state index < -0.39 is 0 Å². The van der Waals surface area contributed by atoms with Crippen LogP contribution in [0.15, 0.2) is 36.9 Å². The largest absolute Gasteiger partial charge is 0.352 e. The summed E-state index contributed by atoms with van der Waals surface area (Å²) < 4.78 is 0. The average molecular weight is 355 g/mol. The van der Waals surface area contributed by atoms with Crippen molar-refractivity contribution in [3.05, 3.63) is 48.0 Å². The first kappa shape index (κ1) is 18.6. The van der Waals surface area contributed by atoms with Crippen LogP contribution in [0.5, 0.6) is 0 Å². The second-order valence-corrected chi connectivity index (χ2v) is 7.46. The predicted octanol–water partition coefficient (Wildman–Crippen LogP) is 2.41. The van der Waals surface area contributed by atoms with E-state index in [4.69, 9.17) is 0 Å². The molecule has 0 aromatic heterocycles. The number of carbonyl (C=O) groups is 2. The number of hydrogen-bond acceptors (Lipinski definition) is 3. The Hall–Kier alpha value is -2.14. The summed E-state index contributed by atoms with van der Waals surface area (Å²) in [6.07, 6.45) is 6.94. The van der Waals surface area contributed by atoms with Crippen LogP contribution in [-0.4, -0.2) is 47.9 Å². The van der Waals surface area contributed by atoms with Crippen molar-refractivity contribution < 1.29 is 9.59 Å². The third-order valence-corrected chi connectivity index (χ3v) is 5.62. The van der Waals surface area contributed by atoms with Crippen LogP contribution >= 0.6 is 0 Å². The number of hydrogen-bond donors (Lipinski definition) is 2. The van der Waals surface area contributed by atoms with Crippen molar-refractivity contribution in [2.24, 2.45) is 0 Å². The van der Waals surface area contributed by atoms with Gasteiger partial charge in [-0.2, -0.15) is 0 Å². The first-order valence-corrected chi connectivity index (χ1v) is 9.58. The summed E-state index contributed by atoms with van der Waals surface area (Å²) in [6, 6.07) is 8.63. The minimum absolute atomic E-state index is 0.0170. The molecule has 2 bridgehead atoms. The molecule has 2 aliphatic rings. The van der Waals surface area contributed by atoms with Crippen molar-refractivity contribution in [2.45, 2.75) is 57.2 Å². The molecule has 0 radical (unpaired) electrons. The Bertz CT molecular complexity index is 659. The van der Waals surface area contributed by atoms with Gasteiger partial charge in [-0.15, -0.1) is 6.58 Å². The van der Waals surface area contributed by atoms with Gasteiger partial charge in [-0.3, -0.25) is 14.5 Å². The van der Waals surface area contributed by atoms with Crippen LogP contribution in [0.25, 0.3) is 0 Å².